The first kappa shape index (κ1) is 15.7. The third kappa shape index (κ3) is 3.67. The lowest BCUT2D eigenvalue weighted by Crippen LogP contribution is -2.46. The fourth-order valence-corrected chi connectivity index (χ4v) is 3.24. The molecule has 1 unspecified atom stereocenters. The van der Waals surface area contributed by atoms with Gasteiger partial charge < -0.3 is 19.7 Å². The van der Waals surface area contributed by atoms with Crippen molar-refractivity contribution in [1.29, 1.82) is 0 Å². The van der Waals surface area contributed by atoms with Gasteiger partial charge in [-0.1, -0.05) is 0 Å². The molecule has 0 aliphatic carbocycles. The normalized spacial score (nSPS) is 19.5. The van der Waals surface area contributed by atoms with E-state index >= 15 is 0 Å². The number of piperidine rings is 1. The number of anilines is 1. The highest BCUT2D eigenvalue weighted by molar-refractivity contribution is 5.76. The quantitative estimate of drug-likeness (QED) is 0.897. The van der Waals surface area contributed by atoms with Crippen LogP contribution in [0, 0.1) is 0 Å². The molecule has 3 heterocycles. The highest BCUT2D eigenvalue weighted by atomic mass is 16.6. The third-order valence-corrected chi connectivity index (χ3v) is 4.45. The molecule has 8 nitrogen and oxygen atoms in total. The molecule has 0 saturated carbocycles. The number of benzene rings is 1. The first-order chi connectivity index (χ1) is 12.3. The highest BCUT2D eigenvalue weighted by Gasteiger charge is 2.24. The van der Waals surface area contributed by atoms with E-state index < -0.39 is 0 Å². The largest absolute Gasteiger partial charge is 0.486 e. The highest BCUT2D eigenvalue weighted by Crippen LogP contribution is 2.33. The topological polar surface area (TPSA) is 81.5 Å². The summed E-state index contributed by atoms with van der Waals surface area (Å²) < 4.78 is 12.7. The fourth-order valence-electron chi connectivity index (χ4n) is 3.24. The van der Waals surface area contributed by atoms with Crippen molar-refractivity contribution in [3.05, 3.63) is 30.9 Å². The van der Waals surface area contributed by atoms with Gasteiger partial charge in [-0.05, 0) is 25.0 Å². The van der Waals surface area contributed by atoms with Gasteiger partial charge in [0.15, 0.2) is 11.5 Å². The number of aromatic nitrogens is 3. The van der Waals surface area contributed by atoms with Gasteiger partial charge in [0.2, 0.25) is 5.91 Å². The molecule has 8 heteroatoms. The Hall–Kier alpha value is -2.77. The van der Waals surface area contributed by atoms with E-state index in [0.29, 0.717) is 19.8 Å². The second-order valence-corrected chi connectivity index (χ2v) is 6.27. The van der Waals surface area contributed by atoms with Gasteiger partial charge >= 0.3 is 0 Å². The minimum Gasteiger partial charge on any atom is -0.486 e. The van der Waals surface area contributed by atoms with Gasteiger partial charge in [0.25, 0.3) is 0 Å². The number of hydrogen-bond donors (Lipinski definition) is 1. The van der Waals surface area contributed by atoms with Crippen molar-refractivity contribution in [2.24, 2.45) is 0 Å². The molecule has 4 rings (SSSR count). The molecule has 2 aliphatic rings. The first-order valence-corrected chi connectivity index (χ1v) is 8.54. The number of nitrogens with zero attached hydrogens (tertiary/aromatic N) is 4. The summed E-state index contributed by atoms with van der Waals surface area (Å²) in [5, 5.41) is 7.51. The predicted octanol–water partition coefficient (Wildman–Crippen LogP) is 1.15. The van der Waals surface area contributed by atoms with E-state index in [9.17, 15) is 4.79 Å². The molecule has 1 aromatic carbocycles. The predicted molar refractivity (Wildman–Crippen MR) is 90.7 cm³/mol. The summed E-state index contributed by atoms with van der Waals surface area (Å²) >= 11 is 0. The standard InChI is InChI=1S/C17H21N5O3/c23-17(10-22-12-18-11-19-22)21-5-1-2-14(9-21)20-13-3-4-15-16(8-13)25-7-6-24-15/h3-4,8,11-12,14,20H,1-2,5-7,9-10H2. The van der Waals surface area contributed by atoms with Crippen molar-refractivity contribution in [3.63, 3.8) is 0 Å². The Morgan fingerprint density at radius 1 is 1.28 bits per heavy atom. The zero-order valence-electron chi connectivity index (χ0n) is 13.9. The lowest BCUT2D eigenvalue weighted by molar-refractivity contribution is -0.133. The van der Waals surface area contributed by atoms with Crippen molar-refractivity contribution < 1.29 is 14.3 Å². The Labute approximate surface area is 145 Å². The molecule has 2 aromatic rings. The van der Waals surface area contributed by atoms with Crippen LogP contribution in [-0.2, 0) is 11.3 Å². The molecule has 1 N–H and O–H groups in total. The summed E-state index contributed by atoms with van der Waals surface area (Å²) in [6, 6.07) is 6.10. The van der Waals surface area contributed by atoms with Gasteiger partial charge in [-0.3, -0.25) is 4.79 Å². The third-order valence-electron chi connectivity index (χ3n) is 4.45. The van der Waals surface area contributed by atoms with Crippen LogP contribution in [0.25, 0.3) is 0 Å². The van der Waals surface area contributed by atoms with Crippen molar-refractivity contribution >= 4 is 11.6 Å². The molecule has 1 saturated heterocycles. The van der Waals surface area contributed by atoms with Gasteiger partial charge in [-0.15, -0.1) is 0 Å². The minimum atomic E-state index is 0.0687. The SMILES string of the molecule is O=C(Cn1cncn1)N1CCCC(Nc2ccc3c(c2)OCCO3)C1. The maximum Gasteiger partial charge on any atom is 0.244 e. The van der Waals surface area contributed by atoms with Crippen molar-refractivity contribution in [2.75, 3.05) is 31.6 Å². The van der Waals surface area contributed by atoms with Crippen molar-refractivity contribution in [3.8, 4) is 11.5 Å². The molecular weight excluding hydrogens is 322 g/mol. The summed E-state index contributed by atoms with van der Waals surface area (Å²) in [6.07, 6.45) is 5.01. The van der Waals surface area contributed by atoms with E-state index in [-0.39, 0.29) is 18.5 Å². The summed E-state index contributed by atoms with van der Waals surface area (Å²) in [5.74, 6) is 1.62. The number of amides is 1. The Morgan fingerprint density at radius 3 is 3.00 bits per heavy atom. The molecule has 0 radical (unpaired) electrons. The van der Waals surface area contributed by atoms with Gasteiger partial charge in [0.05, 0.1) is 0 Å². The van der Waals surface area contributed by atoms with E-state index in [1.165, 1.54) is 6.33 Å². The molecule has 0 bridgehead atoms. The zero-order chi connectivity index (χ0) is 17.1. The number of hydrogen-bond acceptors (Lipinski definition) is 6. The molecule has 1 amide bonds. The monoisotopic (exact) mass is 343 g/mol. The van der Waals surface area contributed by atoms with Crippen LogP contribution < -0.4 is 14.8 Å². The average molecular weight is 343 g/mol. The molecule has 1 atom stereocenters. The number of fused-ring (bicyclic) bond motifs is 1. The van der Waals surface area contributed by atoms with Crippen LogP contribution in [0.4, 0.5) is 5.69 Å². The second kappa shape index (κ2) is 7.00. The van der Waals surface area contributed by atoms with E-state index in [0.717, 1.165) is 36.6 Å². The number of rotatable bonds is 4. The number of likely N-dealkylation sites (tertiary alicyclic amines) is 1. The van der Waals surface area contributed by atoms with Gasteiger partial charge in [-0.2, -0.15) is 5.10 Å². The van der Waals surface area contributed by atoms with Gasteiger partial charge in [0.1, 0.15) is 32.4 Å². The maximum atomic E-state index is 12.4. The van der Waals surface area contributed by atoms with Crippen LogP contribution in [-0.4, -0.2) is 57.9 Å². The molecule has 0 spiro atoms. The molecular formula is C17H21N5O3. The van der Waals surface area contributed by atoms with Crippen LogP contribution in [0.15, 0.2) is 30.9 Å². The Kier molecular flexibility index (Phi) is 4.41. The van der Waals surface area contributed by atoms with Crippen molar-refractivity contribution in [2.45, 2.75) is 25.4 Å². The van der Waals surface area contributed by atoms with E-state index in [4.69, 9.17) is 9.47 Å². The Balaban J connectivity index is 1.37. The Morgan fingerprint density at radius 2 is 2.16 bits per heavy atom. The molecule has 25 heavy (non-hydrogen) atoms. The van der Waals surface area contributed by atoms with Crippen LogP contribution >= 0.6 is 0 Å². The first-order valence-electron chi connectivity index (χ1n) is 8.54. The Bertz CT molecular complexity index is 734. The number of ether oxygens (including phenoxy) is 2. The van der Waals surface area contributed by atoms with E-state index in [1.54, 1.807) is 11.0 Å². The molecule has 132 valence electrons. The van der Waals surface area contributed by atoms with E-state index in [1.807, 2.05) is 23.1 Å². The summed E-state index contributed by atoms with van der Waals surface area (Å²) in [7, 11) is 0. The smallest absolute Gasteiger partial charge is 0.244 e. The summed E-state index contributed by atoms with van der Waals surface area (Å²) in [4.78, 5) is 18.2. The second-order valence-electron chi connectivity index (χ2n) is 6.27. The van der Waals surface area contributed by atoms with Crippen LogP contribution in [0.5, 0.6) is 11.5 Å². The zero-order valence-corrected chi connectivity index (χ0v) is 13.9. The molecule has 1 fully saturated rings. The summed E-state index contributed by atoms with van der Waals surface area (Å²) in [5.41, 5.74) is 0.986. The van der Waals surface area contributed by atoms with Crippen LogP contribution in [0.3, 0.4) is 0 Å². The minimum absolute atomic E-state index is 0.0687. The lowest BCUT2D eigenvalue weighted by atomic mass is 10.0. The van der Waals surface area contributed by atoms with Gasteiger partial charge in [-0.25, -0.2) is 9.67 Å². The average Bonchev–Trinajstić information content (AvgIpc) is 3.15. The lowest BCUT2D eigenvalue weighted by Gasteiger charge is -2.34. The fraction of sp³-hybridized carbons (Fsp3) is 0.471. The number of carbonyl (C=O) groups excluding carboxylic acids is 1. The molecule has 1 aromatic heterocycles. The van der Waals surface area contributed by atoms with Crippen LogP contribution in [0.2, 0.25) is 0 Å². The maximum absolute atomic E-state index is 12.4. The van der Waals surface area contributed by atoms with Crippen LogP contribution in [0.1, 0.15) is 12.8 Å². The van der Waals surface area contributed by atoms with Crippen molar-refractivity contribution in [1.82, 2.24) is 19.7 Å². The number of carbonyl (C=O) groups is 1. The van der Waals surface area contributed by atoms with E-state index in [2.05, 4.69) is 15.4 Å². The summed E-state index contributed by atoms with van der Waals surface area (Å²) in [6.45, 7) is 2.86. The van der Waals surface area contributed by atoms with Gasteiger partial charge in [0, 0.05) is 30.9 Å². The number of nitrogens with one attached hydrogen (secondary N) is 1. The molecule has 2 aliphatic heterocycles.